The summed E-state index contributed by atoms with van der Waals surface area (Å²) in [5.74, 6) is 1.01. The average molecular weight is 266 g/mol. The Morgan fingerprint density at radius 2 is 2.17 bits per heavy atom. The van der Waals surface area contributed by atoms with Gasteiger partial charge in [0.05, 0.1) is 18.9 Å². The number of amides is 1. The lowest BCUT2D eigenvalue weighted by atomic mass is 10.2. The molecule has 0 fully saturated rings. The van der Waals surface area contributed by atoms with Gasteiger partial charge in [0.15, 0.2) is 0 Å². The van der Waals surface area contributed by atoms with Crippen molar-refractivity contribution in [2.24, 2.45) is 5.73 Å². The van der Waals surface area contributed by atoms with Gasteiger partial charge in [-0.05, 0) is 12.1 Å². The monoisotopic (exact) mass is 266 g/mol. The van der Waals surface area contributed by atoms with Gasteiger partial charge in [0.2, 0.25) is 5.91 Å². The Bertz CT molecular complexity index is 412. The van der Waals surface area contributed by atoms with Gasteiger partial charge in [-0.3, -0.25) is 4.79 Å². The number of nitrogens with zero attached hydrogens (tertiary/aromatic N) is 1. The molecule has 0 spiro atoms. The zero-order valence-electron chi connectivity index (χ0n) is 10.3. The minimum Gasteiger partial charge on any atom is -0.378 e. The highest BCUT2D eigenvalue weighted by Gasteiger charge is 2.21. The van der Waals surface area contributed by atoms with Gasteiger partial charge in [-0.25, -0.2) is 0 Å². The Morgan fingerprint density at radius 3 is 3.00 bits per heavy atom. The maximum absolute atomic E-state index is 12.1. The molecule has 0 bridgehead atoms. The standard InChI is InChI=1S/C13H18N2O2S/c14-6-8-17-9-7-15-11-3-1-2-4-12(11)18-10-5-13(15)16/h1-4H,5-10,14H2. The van der Waals surface area contributed by atoms with E-state index in [-0.39, 0.29) is 5.91 Å². The number of para-hydroxylation sites is 1. The maximum atomic E-state index is 12.1. The van der Waals surface area contributed by atoms with Crippen molar-refractivity contribution in [2.75, 3.05) is 37.0 Å². The van der Waals surface area contributed by atoms with Crippen molar-refractivity contribution >= 4 is 23.4 Å². The van der Waals surface area contributed by atoms with Crippen LogP contribution in [0.2, 0.25) is 0 Å². The topological polar surface area (TPSA) is 55.6 Å². The van der Waals surface area contributed by atoms with Crippen LogP contribution in [0.4, 0.5) is 5.69 Å². The molecular formula is C13H18N2O2S. The van der Waals surface area contributed by atoms with Gasteiger partial charge in [0.1, 0.15) is 0 Å². The van der Waals surface area contributed by atoms with E-state index in [0.29, 0.717) is 32.7 Å². The molecule has 98 valence electrons. The number of rotatable bonds is 5. The molecule has 0 saturated heterocycles. The minimum absolute atomic E-state index is 0.170. The first-order valence-electron chi connectivity index (χ1n) is 6.13. The predicted molar refractivity (Wildman–Crippen MR) is 74.0 cm³/mol. The van der Waals surface area contributed by atoms with E-state index in [0.717, 1.165) is 11.4 Å². The van der Waals surface area contributed by atoms with Gasteiger partial charge in [-0.2, -0.15) is 0 Å². The molecule has 1 amide bonds. The van der Waals surface area contributed by atoms with E-state index in [4.69, 9.17) is 10.5 Å². The van der Waals surface area contributed by atoms with Gasteiger partial charge < -0.3 is 15.4 Å². The van der Waals surface area contributed by atoms with E-state index in [1.165, 1.54) is 4.90 Å². The fourth-order valence-corrected chi connectivity index (χ4v) is 2.90. The Hall–Kier alpha value is -1.04. The number of carbonyl (C=O) groups is 1. The van der Waals surface area contributed by atoms with Crippen LogP contribution in [0.25, 0.3) is 0 Å². The van der Waals surface area contributed by atoms with Crippen LogP contribution in [0, 0.1) is 0 Å². The summed E-state index contributed by atoms with van der Waals surface area (Å²) in [6.07, 6.45) is 0.580. The van der Waals surface area contributed by atoms with Gasteiger partial charge in [-0.15, -0.1) is 11.8 Å². The number of fused-ring (bicyclic) bond motifs is 1. The molecule has 1 aliphatic heterocycles. The minimum atomic E-state index is 0.170. The highest BCUT2D eigenvalue weighted by Crippen LogP contribution is 2.33. The Kier molecular flexibility index (Phi) is 5.04. The predicted octanol–water partition coefficient (Wildman–Crippen LogP) is 1.49. The first kappa shape index (κ1) is 13.4. The number of nitrogens with two attached hydrogens (primary N) is 1. The molecule has 5 heteroatoms. The Morgan fingerprint density at radius 1 is 1.33 bits per heavy atom. The van der Waals surface area contributed by atoms with Crippen LogP contribution in [-0.2, 0) is 9.53 Å². The van der Waals surface area contributed by atoms with Crippen LogP contribution >= 0.6 is 11.8 Å². The summed E-state index contributed by atoms with van der Waals surface area (Å²) in [5, 5.41) is 0. The van der Waals surface area contributed by atoms with Crippen LogP contribution in [0.1, 0.15) is 6.42 Å². The second-order valence-electron chi connectivity index (χ2n) is 4.01. The lowest BCUT2D eigenvalue weighted by molar-refractivity contribution is -0.118. The third-order valence-corrected chi connectivity index (χ3v) is 3.82. The second kappa shape index (κ2) is 6.78. The van der Waals surface area contributed by atoms with E-state index >= 15 is 0 Å². The third-order valence-electron chi connectivity index (χ3n) is 2.75. The fourth-order valence-electron chi connectivity index (χ4n) is 1.91. The number of anilines is 1. The highest BCUT2D eigenvalue weighted by molar-refractivity contribution is 7.99. The van der Waals surface area contributed by atoms with E-state index in [1.807, 2.05) is 23.1 Å². The van der Waals surface area contributed by atoms with Crippen molar-refractivity contribution < 1.29 is 9.53 Å². The number of ether oxygens (including phenoxy) is 1. The summed E-state index contributed by atoms with van der Waals surface area (Å²) < 4.78 is 5.36. The van der Waals surface area contributed by atoms with Crippen LogP contribution in [0.5, 0.6) is 0 Å². The highest BCUT2D eigenvalue weighted by atomic mass is 32.2. The van der Waals surface area contributed by atoms with E-state index in [1.54, 1.807) is 11.8 Å². The zero-order valence-corrected chi connectivity index (χ0v) is 11.1. The van der Waals surface area contributed by atoms with Gasteiger partial charge in [0.25, 0.3) is 0 Å². The molecule has 18 heavy (non-hydrogen) atoms. The molecule has 4 nitrogen and oxygen atoms in total. The van der Waals surface area contributed by atoms with Crippen molar-refractivity contribution in [3.63, 3.8) is 0 Å². The number of carbonyl (C=O) groups excluding carboxylic acids is 1. The summed E-state index contributed by atoms with van der Waals surface area (Å²) in [7, 11) is 0. The first-order chi connectivity index (χ1) is 8.83. The lowest BCUT2D eigenvalue weighted by Gasteiger charge is -2.22. The van der Waals surface area contributed by atoms with Gasteiger partial charge in [-0.1, -0.05) is 12.1 Å². The first-order valence-corrected chi connectivity index (χ1v) is 7.11. The summed E-state index contributed by atoms with van der Waals surface area (Å²) in [4.78, 5) is 15.1. The molecule has 0 aliphatic carbocycles. The molecule has 1 aromatic carbocycles. The fraction of sp³-hybridized carbons (Fsp3) is 0.462. The largest absolute Gasteiger partial charge is 0.378 e. The van der Waals surface area contributed by atoms with Gasteiger partial charge >= 0.3 is 0 Å². The van der Waals surface area contributed by atoms with Crippen molar-refractivity contribution in [3.05, 3.63) is 24.3 Å². The number of thioether (sulfide) groups is 1. The molecule has 0 aromatic heterocycles. The number of benzene rings is 1. The molecule has 0 radical (unpaired) electrons. The molecule has 1 heterocycles. The van der Waals surface area contributed by atoms with Crippen LogP contribution in [0.15, 0.2) is 29.2 Å². The Labute approximate surface area is 111 Å². The molecule has 1 aromatic rings. The molecular weight excluding hydrogens is 248 g/mol. The van der Waals surface area contributed by atoms with Gasteiger partial charge in [0, 0.05) is 30.2 Å². The molecule has 0 saturated carbocycles. The number of hydrogen-bond donors (Lipinski definition) is 1. The quantitative estimate of drug-likeness (QED) is 0.820. The number of hydrogen-bond acceptors (Lipinski definition) is 4. The second-order valence-corrected chi connectivity index (χ2v) is 5.15. The van der Waals surface area contributed by atoms with Crippen LogP contribution in [-0.4, -0.2) is 38.0 Å². The Balaban J connectivity index is 2.08. The lowest BCUT2D eigenvalue weighted by Crippen LogP contribution is -2.34. The zero-order chi connectivity index (χ0) is 12.8. The molecule has 2 rings (SSSR count). The molecule has 0 unspecified atom stereocenters. The smallest absolute Gasteiger partial charge is 0.227 e. The summed E-state index contributed by atoms with van der Waals surface area (Å²) in [5.41, 5.74) is 6.37. The summed E-state index contributed by atoms with van der Waals surface area (Å²) >= 11 is 1.74. The average Bonchev–Trinajstić information content (AvgIpc) is 2.54. The SMILES string of the molecule is NCCOCCN1C(=O)CCSc2ccccc21. The van der Waals surface area contributed by atoms with Crippen molar-refractivity contribution in [3.8, 4) is 0 Å². The van der Waals surface area contributed by atoms with Crippen molar-refractivity contribution in [2.45, 2.75) is 11.3 Å². The maximum Gasteiger partial charge on any atom is 0.227 e. The van der Waals surface area contributed by atoms with Crippen LogP contribution in [0.3, 0.4) is 0 Å². The molecule has 0 atom stereocenters. The van der Waals surface area contributed by atoms with Crippen LogP contribution < -0.4 is 10.6 Å². The van der Waals surface area contributed by atoms with E-state index < -0.39 is 0 Å². The van der Waals surface area contributed by atoms with E-state index in [9.17, 15) is 4.79 Å². The molecule has 2 N–H and O–H groups in total. The molecule has 1 aliphatic rings. The summed E-state index contributed by atoms with van der Waals surface area (Å²) in [6, 6.07) is 8.03. The normalized spacial score (nSPS) is 15.4. The van der Waals surface area contributed by atoms with Crippen molar-refractivity contribution in [1.82, 2.24) is 0 Å². The summed E-state index contributed by atoms with van der Waals surface area (Å²) in [6.45, 7) is 2.18. The van der Waals surface area contributed by atoms with Crippen molar-refractivity contribution in [1.29, 1.82) is 0 Å². The third kappa shape index (κ3) is 3.25. The van der Waals surface area contributed by atoms with E-state index in [2.05, 4.69) is 6.07 Å².